The lowest BCUT2D eigenvalue weighted by atomic mass is 9.59. The van der Waals surface area contributed by atoms with Crippen LogP contribution in [0.1, 0.15) is 24.5 Å². The van der Waals surface area contributed by atoms with E-state index in [4.69, 9.17) is 0 Å². The first kappa shape index (κ1) is 12.8. The number of rotatable bonds is 0. The molecule has 0 amide bonds. The van der Waals surface area contributed by atoms with E-state index in [-0.39, 0.29) is 23.4 Å². The fourth-order valence-electron chi connectivity index (χ4n) is 4.33. The normalized spacial score (nSPS) is 37.2. The summed E-state index contributed by atoms with van der Waals surface area (Å²) >= 11 is 0. The van der Waals surface area contributed by atoms with Crippen molar-refractivity contribution in [2.24, 2.45) is 17.3 Å². The molecule has 0 spiro atoms. The van der Waals surface area contributed by atoms with Crippen LogP contribution in [0.5, 0.6) is 0 Å². The van der Waals surface area contributed by atoms with Gasteiger partial charge in [0.1, 0.15) is 0 Å². The minimum Gasteiger partial charge on any atom is -0.505 e. The molecule has 0 saturated carbocycles. The van der Waals surface area contributed by atoms with E-state index in [0.717, 1.165) is 18.4 Å². The first-order valence-corrected chi connectivity index (χ1v) is 7.47. The molecule has 0 saturated heterocycles. The highest BCUT2D eigenvalue weighted by Gasteiger charge is 2.57. The predicted octanol–water partition coefficient (Wildman–Crippen LogP) is 2.65. The van der Waals surface area contributed by atoms with Gasteiger partial charge < -0.3 is 10.2 Å². The molecule has 3 nitrogen and oxygen atoms in total. The lowest BCUT2D eigenvalue weighted by molar-refractivity contribution is -0.133. The molecule has 0 aliphatic heterocycles. The lowest BCUT2D eigenvalue weighted by Crippen LogP contribution is -2.48. The van der Waals surface area contributed by atoms with Crippen LogP contribution in [0.3, 0.4) is 0 Å². The lowest BCUT2D eigenvalue weighted by Gasteiger charge is -2.45. The highest BCUT2D eigenvalue weighted by atomic mass is 16.3. The SMILES string of the molecule is C[C@@]12C(=O)C(O)=C[C@@H]1[C@@H]1CCc3ccccc3C1=C[C@@H]2O. The number of Topliss-reactive ketones (excluding diaryl/α,β-unsaturated/α-hetero) is 1. The average Bonchev–Trinajstić information content (AvgIpc) is 2.73. The topological polar surface area (TPSA) is 57.5 Å². The Balaban J connectivity index is 1.89. The van der Waals surface area contributed by atoms with Gasteiger partial charge in [0.2, 0.25) is 5.78 Å². The monoisotopic (exact) mass is 282 g/mol. The number of carbonyl (C=O) groups excluding carboxylic acids is 1. The number of hydrogen-bond acceptors (Lipinski definition) is 3. The van der Waals surface area contributed by atoms with Gasteiger partial charge in [-0.2, -0.15) is 0 Å². The van der Waals surface area contributed by atoms with Gasteiger partial charge in [-0.3, -0.25) is 4.79 Å². The minimum atomic E-state index is -0.912. The van der Waals surface area contributed by atoms with Crippen LogP contribution in [0.4, 0.5) is 0 Å². The molecule has 0 heterocycles. The predicted molar refractivity (Wildman–Crippen MR) is 79.6 cm³/mol. The maximum atomic E-state index is 12.3. The highest BCUT2D eigenvalue weighted by molar-refractivity contribution is 6.02. The molecule has 21 heavy (non-hydrogen) atoms. The van der Waals surface area contributed by atoms with Crippen molar-refractivity contribution in [3.63, 3.8) is 0 Å². The summed E-state index contributed by atoms with van der Waals surface area (Å²) in [6.45, 7) is 1.78. The molecule has 1 aromatic rings. The molecule has 0 fully saturated rings. The Morgan fingerprint density at radius 1 is 1.24 bits per heavy atom. The number of benzene rings is 1. The Hall–Kier alpha value is -1.87. The van der Waals surface area contributed by atoms with E-state index in [1.807, 2.05) is 18.2 Å². The third kappa shape index (κ3) is 1.50. The minimum absolute atomic E-state index is 0.117. The Bertz CT molecular complexity index is 700. The summed E-state index contributed by atoms with van der Waals surface area (Å²) in [7, 11) is 0. The molecule has 4 rings (SSSR count). The summed E-state index contributed by atoms with van der Waals surface area (Å²) in [5, 5.41) is 20.4. The molecular formula is C18H18O3. The number of fused-ring (bicyclic) bond motifs is 5. The van der Waals surface area contributed by atoms with E-state index in [2.05, 4.69) is 12.1 Å². The van der Waals surface area contributed by atoms with Crippen molar-refractivity contribution in [2.45, 2.75) is 25.9 Å². The Morgan fingerprint density at radius 3 is 2.81 bits per heavy atom. The van der Waals surface area contributed by atoms with Gasteiger partial charge in [0.05, 0.1) is 11.5 Å². The van der Waals surface area contributed by atoms with Crippen molar-refractivity contribution in [2.75, 3.05) is 0 Å². The van der Waals surface area contributed by atoms with Crippen LogP contribution in [0.15, 0.2) is 42.2 Å². The summed E-state index contributed by atoms with van der Waals surface area (Å²) in [5.74, 6) is -0.431. The summed E-state index contributed by atoms with van der Waals surface area (Å²) in [6, 6.07) is 8.26. The molecule has 2 N–H and O–H groups in total. The second-order valence-corrected chi connectivity index (χ2v) is 6.56. The van der Waals surface area contributed by atoms with Crippen LogP contribution < -0.4 is 0 Å². The number of allylic oxidation sites excluding steroid dienone is 3. The molecule has 0 radical (unpaired) electrons. The van der Waals surface area contributed by atoms with Crippen molar-refractivity contribution in [3.05, 3.63) is 53.3 Å². The first-order valence-electron chi connectivity index (χ1n) is 7.47. The zero-order valence-electron chi connectivity index (χ0n) is 11.9. The van der Waals surface area contributed by atoms with Crippen molar-refractivity contribution in [1.29, 1.82) is 0 Å². The Morgan fingerprint density at radius 2 is 2.00 bits per heavy atom. The smallest absolute Gasteiger partial charge is 0.206 e. The van der Waals surface area contributed by atoms with Gasteiger partial charge in [-0.1, -0.05) is 30.3 Å². The molecule has 3 aliphatic carbocycles. The third-order valence-electron chi connectivity index (χ3n) is 5.59. The van der Waals surface area contributed by atoms with Crippen LogP contribution in [0, 0.1) is 17.3 Å². The molecular weight excluding hydrogens is 264 g/mol. The van der Waals surface area contributed by atoms with E-state index >= 15 is 0 Å². The summed E-state index contributed by atoms with van der Waals surface area (Å²) in [6.07, 6.45) is 4.57. The van der Waals surface area contributed by atoms with Gasteiger partial charge in [-0.25, -0.2) is 0 Å². The molecule has 1 aromatic carbocycles. The van der Waals surface area contributed by atoms with E-state index in [0.29, 0.717) is 0 Å². The number of ketones is 1. The molecule has 3 aliphatic rings. The number of aryl methyl sites for hydroxylation is 1. The molecule has 4 atom stereocenters. The number of carbonyl (C=O) groups is 1. The van der Waals surface area contributed by atoms with E-state index in [9.17, 15) is 15.0 Å². The first-order chi connectivity index (χ1) is 10.0. The van der Waals surface area contributed by atoms with Gasteiger partial charge in [0, 0.05) is 5.92 Å². The Labute approximate surface area is 123 Å². The third-order valence-corrected chi connectivity index (χ3v) is 5.59. The zero-order valence-corrected chi connectivity index (χ0v) is 11.9. The largest absolute Gasteiger partial charge is 0.505 e. The molecule has 3 heteroatoms. The zero-order chi connectivity index (χ0) is 14.8. The quantitative estimate of drug-likeness (QED) is 0.769. The van der Waals surface area contributed by atoms with Crippen LogP contribution in [-0.4, -0.2) is 22.1 Å². The maximum absolute atomic E-state index is 12.3. The fraction of sp³-hybridized carbons (Fsp3) is 0.389. The second kappa shape index (κ2) is 4.08. The van der Waals surface area contributed by atoms with Gasteiger partial charge in [0.25, 0.3) is 0 Å². The van der Waals surface area contributed by atoms with E-state index < -0.39 is 11.5 Å². The van der Waals surface area contributed by atoms with Crippen LogP contribution in [-0.2, 0) is 11.2 Å². The van der Waals surface area contributed by atoms with Crippen molar-refractivity contribution < 1.29 is 15.0 Å². The van der Waals surface area contributed by atoms with E-state index in [1.54, 1.807) is 13.0 Å². The maximum Gasteiger partial charge on any atom is 0.206 e. The van der Waals surface area contributed by atoms with Crippen LogP contribution >= 0.6 is 0 Å². The summed E-state index contributed by atoms with van der Waals surface area (Å²) in [5.41, 5.74) is 2.70. The van der Waals surface area contributed by atoms with Crippen molar-refractivity contribution in [3.8, 4) is 0 Å². The van der Waals surface area contributed by atoms with Crippen molar-refractivity contribution in [1.82, 2.24) is 0 Å². The number of hydrogen-bond donors (Lipinski definition) is 2. The number of aliphatic hydroxyl groups is 2. The van der Waals surface area contributed by atoms with Gasteiger partial charge in [-0.05, 0) is 48.5 Å². The van der Waals surface area contributed by atoms with Gasteiger partial charge >= 0.3 is 0 Å². The van der Waals surface area contributed by atoms with Crippen molar-refractivity contribution >= 4 is 11.4 Å². The van der Waals surface area contributed by atoms with Gasteiger partial charge in [0.15, 0.2) is 5.76 Å². The van der Waals surface area contributed by atoms with Gasteiger partial charge in [-0.15, -0.1) is 0 Å². The van der Waals surface area contributed by atoms with Crippen LogP contribution in [0.2, 0.25) is 0 Å². The number of aliphatic hydroxyl groups excluding tert-OH is 2. The fourth-order valence-corrected chi connectivity index (χ4v) is 4.33. The van der Waals surface area contributed by atoms with Crippen LogP contribution in [0.25, 0.3) is 5.57 Å². The summed E-state index contributed by atoms with van der Waals surface area (Å²) in [4.78, 5) is 12.3. The molecule has 108 valence electrons. The summed E-state index contributed by atoms with van der Waals surface area (Å²) < 4.78 is 0. The van der Waals surface area contributed by atoms with E-state index in [1.165, 1.54) is 11.1 Å². The molecule has 0 unspecified atom stereocenters. The average molecular weight is 282 g/mol. The standard InChI is InChI=1S/C18H18O3/c1-18-14(9-15(19)17(18)21)12-7-6-10-4-2-3-5-11(10)13(12)8-16(18)20/h2-5,8-9,12,14,16,19-20H,6-7H2,1H3/t12-,14-,16+,18-/m1/s1. The Kier molecular flexibility index (Phi) is 2.49. The molecule has 0 aromatic heterocycles. The molecule has 0 bridgehead atoms. The second-order valence-electron chi connectivity index (χ2n) is 6.56. The highest BCUT2D eigenvalue weighted by Crippen LogP contribution is 2.55.